The zero-order valence-corrected chi connectivity index (χ0v) is 11.9. The van der Waals surface area contributed by atoms with Crippen molar-refractivity contribution in [3.63, 3.8) is 0 Å². The summed E-state index contributed by atoms with van der Waals surface area (Å²) >= 11 is 5.25. The van der Waals surface area contributed by atoms with Crippen LogP contribution in [0.3, 0.4) is 0 Å². The highest BCUT2D eigenvalue weighted by molar-refractivity contribution is 7.80. The minimum Gasteiger partial charge on any atom is -0.376 e. The van der Waals surface area contributed by atoms with Crippen LogP contribution in [0.15, 0.2) is 24.4 Å². The van der Waals surface area contributed by atoms with Crippen molar-refractivity contribution in [1.82, 2.24) is 25.2 Å². The van der Waals surface area contributed by atoms with E-state index in [-0.39, 0.29) is 6.10 Å². The minimum absolute atomic E-state index is 0.281. The van der Waals surface area contributed by atoms with Gasteiger partial charge in [0.05, 0.1) is 12.6 Å². The van der Waals surface area contributed by atoms with E-state index in [1.54, 1.807) is 0 Å². The number of ether oxygens (including phenoxy) is 1. The van der Waals surface area contributed by atoms with Gasteiger partial charge in [0.1, 0.15) is 0 Å². The summed E-state index contributed by atoms with van der Waals surface area (Å²) in [4.78, 5) is 0. The van der Waals surface area contributed by atoms with Crippen molar-refractivity contribution >= 4 is 23.0 Å². The molecule has 1 fully saturated rings. The summed E-state index contributed by atoms with van der Waals surface area (Å²) in [7, 11) is 0. The number of nitrogens with one attached hydrogen (secondary N) is 2. The van der Waals surface area contributed by atoms with Gasteiger partial charge in [0.2, 0.25) is 0 Å². The number of fused-ring (bicyclic) bond motifs is 1. The van der Waals surface area contributed by atoms with Gasteiger partial charge in [-0.1, -0.05) is 6.07 Å². The van der Waals surface area contributed by atoms with Crippen molar-refractivity contribution in [3.8, 4) is 0 Å². The molecule has 20 heavy (non-hydrogen) atoms. The van der Waals surface area contributed by atoms with Crippen molar-refractivity contribution in [3.05, 3.63) is 30.2 Å². The lowest BCUT2D eigenvalue weighted by Gasteiger charge is -2.13. The predicted octanol–water partition coefficient (Wildman–Crippen LogP) is 0.872. The molecule has 0 radical (unpaired) electrons. The van der Waals surface area contributed by atoms with Gasteiger partial charge in [-0.25, -0.2) is 0 Å². The predicted molar refractivity (Wildman–Crippen MR) is 79.4 cm³/mol. The Labute approximate surface area is 122 Å². The van der Waals surface area contributed by atoms with Crippen LogP contribution in [-0.4, -0.2) is 39.0 Å². The van der Waals surface area contributed by atoms with Crippen LogP contribution in [0.5, 0.6) is 0 Å². The average Bonchev–Trinajstić information content (AvgIpc) is 3.12. The lowest BCUT2D eigenvalue weighted by Crippen LogP contribution is -2.39. The zero-order valence-electron chi connectivity index (χ0n) is 11.1. The van der Waals surface area contributed by atoms with E-state index in [4.69, 9.17) is 17.0 Å². The Bertz CT molecular complexity index is 593. The molecule has 1 aliphatic heterocycles. The maximum absolute atomic E-state index is 5.54. The summed E-state index contributed by atoms with van der Waals surface area (Å²) in [6, 6.07) is 5.81. The van der Waals surface area contributed by atoms with Crippen LogP contribution in [-0.2, 0) is 11.3 Å². The largest absolute Gasteiger partial charge is 0.376 e. The van der Waals surface area contributed by atoms with Crippen LogP contribution in [0, 0.1) is 0 Å². The van der Waals surface area contributed by atoms with Gasteiger partial charge in [0, 0.05) is 19.3 Å². The Morgan fingerprint density at radius 1 is 1.40 bits per heavy atom. The second kappa shape index (κ2) is 6.15. The van der Waals surface area contributed by atoms with Crippen LogP contribution in [0.2, 0.25) is 0 Å². The molecule has 0 aromatic carbocycles. The van der Waals surface area contributed by atoms with Gasteiger partial charge in [0.15, 0.2) is 16.6 Å². The van der Waals surface area contributed by atoms with E-state index in [0.29, 0.717) is 11.7 Å². The maximum Gasteiger partial charge on any atom is 0.166 e. The number of hydrogen-bond acceptors (Lipinski definition) is 4. The molecule has 1 aliphatic rings. The molecule has 7 heteroatoms. The topological polar surface area (TPSA) is 63.5 Å². The van der Waals surface area contributed by atoms with Crippen molar-refractivity contribution in [2.24, 2.45) is 0 Å². The Morgan fingerprint density at radius 3 is 3.20 bits per heavy atom. The summed E-state index contributed by atoms with van der Waals surface area (Å²) in [5, 5.41) is 15.2. The fourth-order valence-corrected chi connectivity index (χ4v) is 2.40. The number of nitrogens with zero attached hydrogens (tertiary/aromatic N) is 3. The third kappa shape index (κ3) is 3.05. The summed E-state index contributed by atoms with van der Waals surface area (Å²) < 4.78 is 7.48. The molecule has 2 aromatic rings. The van der Waals surface area contributed by atoms with Gasteiger partial charge in [-0.3, -0.25) is 4.40 Å². The molecule has 1 atom stereocenters. The lowest BCUT2D eigenvalue weighted by atomic mass is 10.2. The van der Waals surface area contributed by atoms with E-state index < -0.39 is 0 Å². The van der Waals surface area contributed by atoms with Gasteiger partial charge in [-0.05, 0) is 37.2 Å². The zero-order chi connectivity index (χ0) is 13.8. The second-order valence-electron chi connectivity index (χ2n) is 4.74. The van der Waals surface area contributed by atoms with Crippen LogP contribution in [0.1, 0.15) is 18.7 Å². The molecule has 0 spiro atoms. The van der Waals surface area contributed by atoms with Gasteiger partial charge in [-0.2, -0.15) is 0 Å². The summed E-state index contributed by atoms with van der Waals surface area (Å²) in [6.45, 7) is 2.16. The SMILES string of the molecule is S=C(NCc1nnc2ccccn12)NC[C@@H]1CCCO1. The van der Waals surface area contributed by atoms with Gasteiger partial charge < -0.3 is 15.4 Å². The first-order valence-electron chi connectivity index (χ1n) is 6.75. The smallest absolute Gasteiger partial charge is 0.166 e. The fourth-order valence-electron chi connectivity index (χ4n) is 2.25. The Morgan fingerprint density at radius 2 is 2.35 bits per heavy atom. The van der Waals surface area contributed by atoms with Crippen LogP contribution >= 0.6 is 12.2 Å². The van der Waals surface area contributed by atoms with Crippen molar-refractivity contribution in [2.45, 2.75) is 25.5 Å². The van der Waals surface area contributed by atoms with Gasteiger partial charge >= 0.3 is 0 Å². The molecule has 0 saturated carbocycles. The van der Waals surface area contributed by atoms with Crippen molar-refractivity contribution < 1.29 is 4.74 Å². The van der Waals surface area contributed by atoms with E-state index in [1.165, 1.54) is 0 Å². The molecule has 2 N–H and O–H groups in total. The highest BCUT2D eigenvalue weighted by atomic mass is 32.1. The molecule has 0 bridgehead atoms. The molecule has 6 nitrogen and oxygen atoms in total. The van der Waals surface area contributed by atoms with E-state index in [1.807, 2.05) is 28.8 Å². The number of pyridine rings is 1. The Hall–Kier alpha value is -1.73. The monoisotopic (exact) mass is 291 g/mol. The molecule has 106 valence electrons. The van der Waals surface area contributed by atoms with Crippen molar-refractivity contribution in [1.29, 1.82) is 0 Å². The number of aromatic nitrogens is 3. The Kier molecular flexibility index (Phi) is 4.08. The number of thiocarbonyl (C=S) groups is 1. The molecule has 2 aromatic heterocycles. The summed E-state index contributed by atoms with van der Waals surface area (Å²) in [6.07, 6.45) is 4.46. The van der Waals surface area contributed by atoms with Crippen LogP contribution in [0.25, 0.3) is 5.65 Å². The maximum atomic E-state index is 5.54. The minimum atomic E-state index is 0.281. The van der Waals surface area contributed by atoms with E-state index in [0.717, 1.165) is 37.5 Å². The first-order valence-corrected chi connectivity index (χ1v) is 7.16. The second-order valence-corrected chi connectivity index (χ2v) is 5.15. The quantitative estimate of drug-likeness (QED) is 0.815. The van der Waals surface area contributed by atoms with E-state index in [9.17, 15) is 0 Å². The van der Waals surface area contributed by atoms with Crippen molar-refractivity contribution in [2.75, 3.05) is 13.2 Å². The first kappa shape index (κ1) is 13.3. The highest BCUT2D eigenvalue weighted by Crippen LogP contribution is 2.10. The van der Waals surface area contributed by atoms with Gasteiger partial charge in [-0.15, -0.1) is 10.2 Å². The summed E-state index contributed by atoms with van der Waals surface area (Å²) in [5.74, 6) is 0.835. The average molecular weight is 291 g/mol. The number of rotatable bonds is 4. The third-order valence-electron chi connectivity index (χ3n) is 3.31. The molecule has 0 amide bonds. The Balaban J connectivity index is 1.49. The molecule has 0 aliphatic carbocycles. The summed E-state index contributed by atoms with van der Waals surface area (Å²) in [5.41, 5.74) is 0.836. The molecule has 0 unspecified atom stereocenters. The molecule has 3 rings (SSSR count). The molecule has 3 heterocycles. The van der Waals surface area contributed by atoms with E-state index >= 15 is 0 Å². The first-order chi connectivity index (χ1) is 9.83. The van der Waals surface area contributed by atoms with E-state index in [2.05, 4.69) is 20.8 Å². The number of hydrogen-bond donors (Lipinski definition) is 2. The molecule has 1 saturated heterocycles. The van der Waals surface area contributed by atoms with Crippen LogP contribution in [0.4, 0.5) is 0 Å². The standard InChI is InChI=1S/C13H17N5OS/c20-13(14-8-10-4-3-7-19-10)15-9-12-17-16-11-5-1-2-6-18(11)12/h1-2,5-6,10H,3-4,7-9H2,(H2,14,15,20)/t10-/m0/s1. The molecular formula is C13H17N5OS. The van der Waals surface area contributed by atoms with Gasteiger partial charge in [0.25, 0.3) is 0 Å². The van der Waals surface area contributed by atoms with Crippen LogP contribution < -0.4 is 10.6 Å². The normalized spacial score (nSPS) is 18.3. The lowest BCUT2D eigenvalue weighted by molar-refractivity contribution is 0.114. The molecular weight excluding hydrogens is 274 g/mol. The highest BCUT2D eigenvalue weighted by Gasteiger charge is 2.15. The third-order valence-corrected chi connectivity index (χ3v) is 3.59. The fraction of sp³-hybridized carbons (Fsp3) is 0.462.